The van der Waals surface area contributed by atoms with Crippen molar-refractivity contribution >= 4 is 54.1 Å². The first-order chi connectivity index (χ1) is 25.3. The second kappa shape index (κ2) is 10.1. The predicted molar refractivity (Wildman–Crippen MR) is 215 cm³/mol. The van der Waals surface area contributed by atoms with Crippen LogP contribution < -0.4 is 0 Å². The summed E-state index contributed by atoms with van der Waals surface area (Å²) in [6, 6.07) is 61.3. The number of benzene rings is 9. The largest absolute Gasteiger partial charge is 0.309 e. The van der Waals surface area contributed by atoms with Gasteiger partial charge in [0.2, 0.25) is 0 Å². The van der Waals surface area contributed by atoms with Crippen molar-refractivity contribution in [2.24, 2.45) is 0 Å². The van der Waals surface area contributed by atoms with E-state index in [4.69, 9.17) is 0 Å². The SMILES string of the molecule is c1ccc2c(c1)Cc1c-2ccc2c1c1ccccc1n2-c1cccc2c1Cc1c(-c3ccc4c5ccccc5c5ccccc5c4c3)cccc1-2. The van der Waals surface area contributed by atoms with Crippen LogP contribution in [0, 0.1) is 0 Å². The number of fused-ring (bicyclic) bond motifs is 16. The number of para-hydroxylation sites is 1. The summed E-state index contributed by atoms with van der Waals surface area (Å²) >= 11 is 0. The molecular formula is C50H31N. The Hall–Kier alpha value is -6.44. The zero-order chi connectivity index (χ0) is 33.2. The van der Waals surface area contributed by atoms with Gasteiger partial charge in [-0.3, -0.25) is 0 Å². The summed E-state index contributed by atoms with van der Waals surface area (Å²) in [6.45, 7) is 0. The van der Waals surface area contributed by atoms with Crippen molar-refractivity contribution in [2.75, 3.05) is 0 Å². The molecule has 0 amide bonds. The van der Waals surface area contributed by atoms with Gasteiger partial charge in [-0.2, -0.15) is 0 Å². The van der Waals surface area contributed by atoms with Crippen molar-refractivity contribution in [3.8, 4) is 39.1 Å². The minimum Gasteiger partial charge on any atom is -0.309 e. The molecule has 9 aromatic carbocycles. The van der Waals surface area contributed by atoms with Crippen LogP contribution in [0.25, 0.3) is 93.2 Å². The number of aromatic nitrogens is 1. The van der Waals surface area contributed by atoms with Gasteiger partial charge in [0, 0.05) is 17.2 Å². The molecule has 0 aliphatic heterocycles. The van der Waals surface area contributed by atoms with Crippen LogP contribution in [0.4, 0.5) is 0 Å². The van der Waals surface area contributed by atoms with E-state index in [1.54, 1.807) is 0 Å². The Kier molecular flexibility index (Phi) is 5.40. The molecule has 1 heterocycles. The highest BCUT2D eigenvalue weighted by Gasteiger charge is 2.28. The molecule has 10 aromatic rings. The lowest BCUT2D eigenvalue weighted by molar-refractivity contribution is 1.12. The molecule has 51 heavy (non-hydrogen) atoms. The zero-order valence-corrected chi connectivity index (χ0v) is 27.9. The van der Waals surface area contributed by atoms with Crippen LogP contribution in [0.2, 0.25) is 0 Å². The standard InChI is InChI=1S/C50H31N/c1-2-12-32-30(11-1)28-46-40(32)25-26-49-50(46)42-17-7-8-21-47(42)51(49)48-22-10-20-39-38-19-9-18-33(44(38)29-45(39)48)31-23-24-41-36-15-4-3-13-34(36)35-14-5-6-16-37(35)43(41)27-31/h1-27H,28-29H2. The molecule has 0 unspecified atom stereocenters. The minimum atomic E-state index is 0.901. The highest BCUT2D eigenvalue weighted by molar-refractivity contribution is 6.25. The van der Waals surface area contributed by atoms with Gasteiger partial charge in [-0.1, -0.05) is 140 Å². The molecule has 1 nitrogen and oxygen atoms in total. The highest BCUT2D eigenvalue weighted by atomic mass is 15.0. The number of hydrogen-bond donors (Lipinski definition) is 0. The first-order valence-corrected chi connectivity index (χ1v) is 18.0. The van der Waals surface area contributed by atoms with Gasteiger partial charge in [-0.25, -0.2) is 0 Å². The third kappa shape index (κ3) is 3.65. The summed E-state index contributed by atoms with van der Waals surface area (Å²) in [5.74, 6) is 0. The van der Waals surface area contributed by atoms with Gasteiger partial charge in [-0.05, 0) is 119 Å². The van der Waals surface area contributed by atoms with E-state index in [1.165, 1.54) is 115 Å². The average Bonchev–Trinajstić information content (AvgIpc) is 3.87. The third-order valence-electron chi connectivity index (χ3n) is 11.9. The molecule has 12 rings (SSSR count). The summed E-state index contributed by atoms with van der Waals surface area (Å²) in [5.41, 5.74) is 17.6. The molecule has 0 bridgehead atoms. The van der Waals surface area contributed by atoms with Crippen molar-refractivity contribution in [1.82, 2.24) is 4.57 Å². The molecule has 236 valence electrons. The van der Waals surface area contributed by atoms with Gasteiger partial charge in [-0.15, -0.1) is 0 Å². The van der Waals surface area contributed by atoms with Gasteiger partial charge >= 0.3 is 0 Å². The fourth-order valence-electron chi connectivity index (χ4n) is 9.73. The third-order valence-corrected chi connectivity index (χ3v) is 11.9. The van der Waals surface area contributed by atoms with Gasteiger partial charge in [0.05, 0.1) is 16.7 Å². The van der Waals surface area contributed by atoms with Crippen molar-refractivity contribution in [3.05, 3.63) is 186 Å². The van der Waals surface area contributed by atoms with Crippen LogP contribution in [-0.4, -0.2) is 4.57 Å². The van der Waals surface area contributed by atoms with E-state index in [-0.39, 0.29) is 0 Å². The van der Waals surface area contributed by atoms with E-state index in [9.17, 15) is 0 Å². The molecule has 1 aromatic heterocycles. The molecule has 0 atom stereocenters. The highest BCUT2D eigenvalue weighted by Crippen LogP contribution is 2.48. The van der Waals surface area contributed by atoms with Gasteiger partial charge in [0.25, 0.3) is 0 Å². The van der Waals surface area contributed by atoms with Crippen molar-refractivity contribution in [2.45, 2.75) is 12.8 Å². The molecule has 0 N–H and O–H groups in total. The maximum atomic E-state index is 2.55. The van der Waals surface area contributed by atoms with Crippen LogP contribution in [0.15, 0.2) is 164 Å². The number of rotatable bonds is 2. The molecule has 0 saturated heterocycles. The summed E-state index contributed by atoms with van der Waals surface area (Å²) in [6.07, 6.45) is 1.88. The minimum absolute atomic E-state index is 0.901. The van der Waals surface area contributed by atoms with Crippen molar-refractivity contribution in [3.63, 3.8) is 0 Å². The summed E-state index contributed by atoms with van der Waals surface area (Å²) in [5, 5.41) is 10.6. The lowest BCUT2D eigenvalue weighted by Crippen LogP contribution is -1.99. The molecule has 0 radical (unpaired) electrons. The molecule has 0 spiro atoms. The zero-order valence-electron chi connectivity index (χ0n) is 27.9. The summed E-state index contributed by atoms with van der Waals surface area (Å²) < 4.78 is 2.55. The second-order valence-corrected chi connectivity index (χ2v) is 14.3. The van der Waals surface area contributed by atoms with Crippen LogP contribution in [0.1, 0.15) is 22.3 Å². The van der Waals surface area contributed by atoms with E-state index < -0.39 is 0 Å². The topological polar surface area (TPSA) is 4.93 Å². The first kappa shape index (κ1) is 27.4. The van der Waals surface area contributed by atoms with E-state index in [2.05, 4.69) is 168 Å². The maximum absolute atomic E-state index is 2.55. The molecular weight excluding hydrogens is 615 g/mol. The van der Waals surface area contributed by atoms with Crippen LogP contribution in [-0.2, 0) is 12.8 Å². The van der Waals surface area contributed by atoms with Gasteiger partial charge in [0.1, 0.15) is 0 Å². The van der Waals surface area contributed by atoms with Gasteiger partial charge in [0.15, 0.2) is 0 Å². The molecule has 0 saturated carbocycles. The smallest absolute Gasteiger partial charge is 0.0544 e. The molecule has 2 aliphatic rings. The van der Waals surface area contributed by atoms with E-state index >= 15 is 0 Å². The van der Waals surface area contributed by atoms with Crippen molar-refractivity contribution in [1.29, 1.82) is 0 Å². The fourth-order valence-corrected chi connectivity index (χ4v) is 9.73. The number of hydrogen-bond acceptors (Lipinski definition) is 0. The Bertz CT molecular complexity index is 3100. The predicted octanol–water partition coefficient (Wildman–Crippen LogP) is 13.1. The Balaban J connectivity index is 1.05. The van der Waals surface area contributed by atoms with E-state index in [1.807, 2.05) is 0 Å². The summed E-state index contributed by atoms with van der Waals surface area (Å²) in [4.78, 5) is 0. The Morgan fingerprint density at radius 2 is 0.922 bits per heavy atom. The molecule has 2 aliphatic carbocycles. The monoisotopic (exact) mass is 645 g/mol. The normalized spacial score (nSPS) is 12.9. The number of nitrogens with zero attached hydrogens (tertiary/aromatic N) is 1. The maximum Gasteiger partial charge on any atom is 0.0544 e. The van der Waals surface area contributed by atoms with E-state index in [0.717, 1.165) is 12.8 Å². The lowest BCUT2D eigenvalue weighted by Gasteiger charge is -2.14. The fraction of sp³-hybridized carbons (Fsp3) is 0.0400. The lowest BCUT2D eigenvalue weighted by atomic mass is 9.90. The van der Waals surface area contributed by atoms with Crippen LogP contribution in [0.3, 0.4) is 0 Å². The van der Waals surface area contributed by atoms with Gasteiger partial charge < -0.3 is 4.57 Å². The average molecular weight is 646 g/mol. The summed E-state index contributed by atoms with van der Waals surface area (Å²) in [7, 11) is 0. The Labute approximate surface area is 295 Å². The quantitative estimate of drug-likeness (QED) is 0.165. The molecule has 1 heteroatoms. The first-order valence-electron chi connectivity index (χ1n) is 18.0. The van der Waals surface area contributed by atoms with Crippen LogP contribution >= 0.6 is 0 Å². The Morgan fingerprint density at radius 3 is 1.73 bits per heavy atom. The second-order valence-electron chi connectivity index (χ2n) is 14.3. The van der Waals surface area contributed by atoms with Crippen molar-refractivity contribution < 1.29 is 0 Å². The van der Waals surface area contributed by atoms with Crippen LogP contribution in [0.5, 0.6) is 0 Å². The Morgan fingerprint density at radius 1 is 0.333 bits per heavy atom. The van der Waals surface area contributed by atoms with E-state index in [0.29, 0.717) is 0 Å². The molecule has 0 fully saturated rings.